The monoisotopic (exact) mass is 389 g/mol. The predicted octanol–water partition coefficient (Wildman–Crippen LogP) is 2.33. The van der Waals surface area contributed by atoms with Crippen molar-refractivity contribution in [3.05, 3.63) is 59.9 Å². The zero-order chi connectivity index (χ0) is 20.2. The Bertz CT molecular complexity index is 1100. The molecule has 0 aliphatic carbocycles. The molecule has 1 aromatic heterocycles. The topological polar surface area (TPSA) is 149 Å². The van der Waals surface area contributed by atoms with Crippen LogP contribution in [-0.4, -0.2) is 31.1 Å². The van der Waals surface area contributed by atoms with E-state index in [2.05, 4.69) is 4.99 Å². The van der Waals surface area contributed by atoms with Gasteiger partial charge in [-0.25, -0.2) is 0 Å². The number of hydrogen-bond acceptors (Lipinski definition) is 4. The molecule has 0 atom stereocenters. The summed E-state index contributed by atoms with van der Waals surface area (Å²) in [7, 11) is -3.67. The maximum Gasteiger partial charge on any atom is 0.280 e. The first kappa shape index (κ1) is 20.1. The fraction of sp³-hybridized carbons (Fsp3) is 0.111. The van der Waals surface area contributed by atoms with Crippen LogP contribution < -0.4 is 11.5 Å². The van der Waals surface area contributed by atoms with E-state index in [0.717, 1.165) is 27.9 Å². The van der Waals surface area contributed by atoms with E-state index in [1.54, 1.807) is 18.2 Å². The largest absolute Gasteiger partial charge is 0.461 e. The van der Waals surface area contributed by atoms with Gasteiger partial charge >= 0.3 is 0 Å². The summed E-state index contributed by atoms with van der Waals surface area (Å²) < 4.78 is 31.6. The summed E-state index contributed by atoms with van der Waals surface area (Å²) in [4.78, 5) is 15.5. The third kappa shape index (κ3) is 5.66. The zero-order valence-corrected chi connectivity index (χ0v) is 15.5. The summed E-state index contributed by atoms with van der Waals surface area (Å²) >= 11 is 0. The minimum Gasteiger partial charge on any atom is -0.461 e. The molecule has 0 radical (unpaired) electrons. The van der Waals surface area contributed by atoms with Gasteiger partial charge in [0.1, 0.15) is 11.3 Å². The highest BCUT2D eigenvalue weighted by Crippen LogP contribution is 2.34. The van der Waals surface area contributed by atoms with E-state index in [1.807, 2.05) is 37.3 Å². The highest BCUT2D eigenvalue weighted by Gasteiger charge is 2.14. The van der Waals surface area contributed by atoms with Gasteiger partial charge in [0.25, 0.3) is 16.0 Å². The molecule has 0 saturated heterocycles. The molecule has 0 spiro atoms. The molecule has 0 aliphatic rings. The molecular weight excluding hydrogens is 370 g/mol. The normalized spacial score (nSPS) is 10.8. The highest BCUT2D eigenvalue weighted by atomic mass is 32.2. The minimum absolute atomic E-state index is 0.250. The van der Waals surface area contributed by atoms with Gasteiger partial charge in [0.15, 0.2) is 5.96 Å². The molecule has 1 heterocycles. The SMILES string of the molecule is CS(=O)(=O)O.Cc1oc2ccccc2c1-c1cccc(C(=O)N=C(N)N)c1. The molecular formula is C18H19N3O5S. The number of guanidine groups is 1. The number of nitrogens with zero attached hydrogens (tertiary/aromatic N) is 1. The van der Waals surface area contributed by atoms with Crippen molar-refractivity contribution in [2.75, 3.05) is 6.26 Å². The first-order valence-electron chi connectivity index (χ1n) is 7.71. The number of rotatable bonds is 2. The second-order valence-corrected chi connectivity index (χ2v) is 7.15. The Balaban J connectivity index is 0.000000465. The second kappa shape index (κ2) is 8.02. The molecule has 142 valence electrons. The summed E-state index contributed by atoms with van der Waals surface area (Å²) in [6.45, 7) is 1.90. The number of carbonyl (C=O) groups is 1. The lowest BCUT2D eigenvalue weighted by Gasteiger charge is -2.03. The summed E-state index contributed by atoms with van der Waals surface area (Å²) in [6.07, 6.45) is 0.715. The molecule has 8 nitrogen and oxygen atoms in total. The van der Waals surface area contributed by atoms with Crippen molar-refractivity contribution < 1.29 is 22.2 Å². The van der Waals surface area contributed by atoms with E-state index in [-0.39, 0.29) is 5.96 Å². The van der Waals surface area contributed by atoms with Crippen LogP contribution in [0.3, 0.4) is 0 Å². The smallest absolute Gasteiger partial charge is 0.280 e. The fourth-order valence-corrected chi connectivity index (χ4v) is 2.52. The Morgan fingerprint density at radius 3 is 2.37 bits per heavy atom. The van der Waals surface area contributed by atoms with Crippen molar-refractivity contribution in [3.63, 3.8) is 0 Å². The second-order valence-electron chi connectivity index (χ2n) is 5.69. The van der Waals surface area contributed by atoms with Crippen LogP contribution in [-0.2, 0) is 10.1 Å². The molecule has 1 amide bonds. The van der Waals surface area contributed by atoms with Crippen molar-refractivity contribution >= 4 is 33.0 Å². The van der Waals surface area contributed by atoms with E-state index < -0.39 is 16.0 Å². The van der Waals surface area contributed by atoms with Gasteiger partial charge in [-0.2, -0.15) is 13.4 Å². The first-order chi connectivity index (χ1) is 12.6. The van der Waals surface area contributed by atoms with Gasteiger partial charge in [-0.05, 0) is 30.7 Å². The van der Waals surface area contributed by atoms with Gasteiger partial charge in [-0.3, -0.25) is 9.35 Å². The van der Waals surface area contributed by atoms with Crippen LogP contribution in [0.25, 0.3) is 22.1 Å². The van der Waals surface area contributed by atoms with Crippen LogP contribution in [0.4, 0.5) is 0 Å². The number of aryl methyl sites for hydroxylation is 1. The molecule has 27 heavy (non-hydrogen) atoms. The summed E-state index contributed by atoms with van der Waals surface area (Å²) in [5.74, 6) is 0.0836. The molecule has 0 fully saturated rings. The van der Waals surface area contributed by atoms with Gasteiger partial charge in [0.05, 0.1) is 6.26 Å². The maximum atomic E-state index is 12.0. The molecule has 0 saturated carbocycles. The molecule has 3 rings (SSSR count). The number of carbonyl (C=O) groups excluding carboxylic acids is 1. The summed E-state index contributed by atoms with van der Waals surface area (Å²) in [5, 5.41) is 1.01. The lowest BCUT2D eigenvalue weighted by Crippen LogP contribution is -2.24. The number of nitrogens with two attached hydrogens (primary N) is 2. The molecule has 2 aromatic carbocycles. The minimum atomic E-state index is -3.67. The summed E-state index contributed by atoms with van der Waals surface area (Å²) in [6, 6.07) is 15.0. The number of para-hydroxylation sites is 1. The van der Waals surface area contributed by atoms with E-state index in [1.165, 1.54) is 0 Å². The van der Waals surface area contributed by atoms with E-state index in [0.29, 0.717) is 11.8 Å². The van der Waals surface area contributed by atoms with Crippen molar-refractivity contribution in [2.24, 2.45) is 16.5 Å². The van der Waals surface area contributed by atoms with Crippen LogP contribution in [0, 0.1) is 6.92 Å². The van der Waals surface area contributed by atoms with E-state index >= 15 is 0 Å². The Labute approximate surface area is 156 Å². The fourth-order valence-electron chi connectivity index (χ4n) is 2.52. The lowest BCUT2D eigenvalue weighted by atomic mass is 10.00. The molecule has 0 bridgehead atoms. The third-order valence-corrected chi connectivity index (χ3v) is 3.40. The van der Waals surface area contributed by atoms with Crippen molar-refractivity contribution in [1.29, 1.82) is 0 Å². The Hall–Kier alpha value is -3.17. The van der Waals surface area contributed by atoms with Crippen LogP contribution in [0.1, 0.15) is 16.1 Å². The van der Waals surface area contributed by atoms with Crippen molar-refractivity contribution in [3.8, 4) is 11.1 Å². The third-order valence-electron chi connectivity index (χ3n) is 3.40. The molecule has 0 aliphatic heterocycles. The maximum absolute atomic E-state index is 12.0. The average molecular weight is 389 g/mol. The van der Waals surface area contributed by atoms with Gasteiger partial charge in [0.2, 0.25) is 0 Å². The summed E-state index contributed by atoms with van der Waals surface area (Å²) in [5.41, 5.74) is 13.6. The van der Waals surface area contributed by atoms with E-state index in [4.69, 9.17) is 20.4 Å². The number of fused-ring (bicyclic) bond motifs is 1. The Morgan fingerprint density at radius 1 is 1.11 bits per heavy atom. The number of amides is 1. The van der Waals surface area contributed by atoms with Crippen molar-refractivity contribution in [1.82, 2.24) is 0 Å². The van der Waals surface area contributed by atoms with E-state index in [9.17, 15) is 13.2 Å². The Morgan fingerprint density at radius 2 is 1.74 bits per heavy atom. The van der Waals surface area contributed by atoms with Crippen LogP contribution in [0.5, 0.6) is 0 Å². The quantitative estimate of drug-likeness (QED) is 0.346. The zero-order valence-electron chi connectivity index (χ0n) is 14.7. The molecule has 9 heteroatoms. The van der Waals surface area contributed by atoms with Gasteiger partial charge in [-0.1, -0.05) is 30.3 Å². The number of aliphatic imine (C=N–C) groups is 1. The van der Waals surface area contributed by atoms with Crippen LogP contribution in [0.2, 0.25) is 0 Å². The lowest BCUT2D eigenvalue weighted by molar-refractivity contribution is 0.100. The standard InChI is InChI=1S/C17H15N3O2.CH4O3S/c1-10-15(13-7-2-3-8-14(13)22-10)11-5-4-6-12(9-11)16(21)20-17(18)19;1-5(2,3)4/h2-9H,1H3,(H4,18,19,20,21);1H3,(H,2,3,4). The van der Waals surface area contributed by atoms with Crippen LogP contribution in [0.15, 0.2) is 57.9 Å². The van der Waals surface area contributed by atoms with Gasteiger partial charge in [-0.15, -0.1) is 0 Å². The predicted molar refractivity (Wildman–Crippen MR) is 104 cm³/mol. The van der Waals surface area contributed by atoms with Crippen molar-refractivity contribution in [2.45, 2.75) is 6.92 Å². The average Bonchev–Trinajstić information content (AvgIpc) is 2.88. The van der Waals surface area contributed by atoms with Gasteiger partial charge < -0.3 is 15.9 Å². The Kier molecular flexibility index (Phi) is 5.98. The van der Waals surface area contributed by atoms with Gasteiger partial charge in [0, 0.05) is 16.5 Å². The molecule has 3 aromatic rings. The molecule has 5 N–H and O–H groups in total. The molecule has 0 unspecified atom stereocenters. The number of furan rings is 1. The van der Waals surface area contributed by atoms with Crippen LogP contribution >= 0.6 is 0 Å². The highest BCUT2D eigenvalue weighted by molar-refractivity contribution is 7.85. The number of benzene rings is 2. The number of hydrogen-bond donors (Lipinski definition) is 3. The first-order valence-corrected chi connectivity index (χ1v) is 9.56.